The highest BCUT2D eigenvalue weighted by molar-refractivity contribution is 5.66. The zero-order chi connectivity index (χ0) is 15.1. The molecule has 0 spiro atoms. The maximum absolute atomic E-state index is 10.4. The highest BCUT2D eigenvalue weighted by atomic mass is 16.5. The van der Waals surface area contributed by atoms with E-state index in [1.807, 2.05) is 6.07 Å². The third-order valence-electron chi connectivity index (χ3n) is 2.47. The number of rotatable bonds is 8. The molecule has 0 amide bonds. The fourth-order valence-corrected chi connectivity index (χ4v) is 1.17. The summed E-state index contributed by atoms with van der Waals surface area (Å²) in [6, 6.07) is 1.92. The predicted molar refractivity (Wildman–Crippen MR) is 65.8 cm³/mol. The van der Waals surface area contributed by atoms with E-state index in [0.29, 0.717) is 0 Å². The molecule has 19 heavy (non-hydrogen) atoms. The Morgan fingerprint density at radius 2 is 1.95 bits per heavy atom. The van der Waals surface area contributed by atoms with Gasteiger partial charge in [0.15, 0.2) is 11.8 Å². The number of nitriles is 1. The Morgan fingerprint density at radius 3 is 2.37 bits per heavy atom. The van der Waals surface area contributed by atoms with Gasteiger partial charge in [0.05, 0.1) is 6.07 Å². The zero-order valence-corrected chi connectivity index (χ0v) is 11.1. The fraction of sp³-hybridized carbons (Fsp3) is 0.818. The number of carboxylic acid groups (broad SMARTS) is 1. The van der Waals surface area contributed by atoms with Crippen molar-refractivity contribution >= 4 is 5.97 Å². The summed E-state index contributed by atoms with van der Waals surface area (Å²) in [7, 11) is 0. The van der Waals surface area contributed by atoms with Gasteiger partial charge in [0, 0.05) is 12.8 Å². The molecular weight excluding hydrogens is 252 g/mol. The Bertz CT molecular complexity index is 375. The van der Waals surface area contributed by atoms with Crippen LogP contribution in [0, 0.1) is 11.3 Å². The van der Waals surface area contributed by atoms with Crippen LogP contribution in [0.5, 0.6) is 0 Å². The molecule has 0 aliphatic carbocycles. The number of azo groups is 1. The van der Waals surface area contributed by atoms with Crippen LogP contribution in [0.4, 0.5) is 0 Å². The first-order valence-electron chi connectivity index (χ1n) is 5.82. The van der Waals surface area contributed by atoms with E-state index in [1.54, 1.807) is 0 Å². The molecule has 0 aliphatic rings. The normalized spacial score (nSPS) is 17.9. The number of aliphatic hydroxyl groups excluding tert-OH is 1. The van der Waals surface area contributed by atoms with Crippen LogP contribution in [0.3, 0.4) is 0 Å². The van der Waals surface area contributed by atoms with Gasteiger partial charge in [-0.1, -0.05) is 0 Å². The van der Waals surface area contributed by atoms with E-state index < -0.39 is 23.5 Å². The summed E-state index contributed by atoms with van der Waals surface area (Å²) in [6.07, 6.45) is -1.47. The molecule has 0 saturated heterocycles. The molecule has 0 saturated carbocycles. The van der Waals surface area contributed by atoms with Crippen LogP contribution in [-0.2, 0) is 4.79 Å². The maximum Gasteiger partial charge on any atom is 0.303 e. The van der Waals surface area contributed by atoms with E-state index in [0.717, 1.165) is 0 Å². The quantitative estimate of drug-likeness (QED) is 0.369. The van der Waals surface area contributed by atoms with Crippen LogP contribution in [0.15, 0.2) is 10.2 Å². The molecular formula is C11H20N4O4. The van der Waals surface area contributed by atoms with Crippen molar-refractivity contribution in [2.45, 2.75) is 57.0 Å². The second-order valence-electron chi connectivity index (χ2n) is 4.86. The molecule has 5 N–H and O–H groups in total. The van der Waals surface area contributed by atoms with Crippen LogP contribution < -0.4 is 5.73 Å². The van der Waals surface area contributed by atoms with E-state index in [1.165, 1.54) is 13.8 Å². The first-order valence-corrected chi connectivity index (χ1v) is 5.82. The van der Waals surface area contributed by atoms with Gasteiger partial charge in [0.2, 0.25) is 0 Å². The Balaban J connectivity index is 4.62. The van der Waals surface area contributed by atoms with Crippen molar-refractivity contribution in [1.29, 1.82) is 5.26 Å². The summed E-state index contributed by atoms with van der Waals surface area (Å²) < 4.78 is 0. The highest BCUT2D eigenvalue weighted by Crippen LogP contribution is 2.21. The van der Waals surface area contributed by atoms with Gasteiger partial charge >= 0.3 is 5.97 Å². The van der Waals surface area contributed by atoms with Crippen LogP contribution >= 0.6 is 0 Å². The molecule has 2 unspecified atom stereocenters. The first kappa shape index (κ1) is 17.4. The molecule has 0 heterocycles. The van der Waals surface area contributed by atoms with Crippen LogP contribution in [-0.4, -0.2) is 38.8 Å². The number of aliphatic carboxylic acids is 1. The van der Waals surface area contributed by atoms with Crippen molar-refractivity contribution in [1.82, 2.24) is 0 Å². The second-order valence-corrected chi connectivity index (χ2v) is 4.86. The van der Waals surface area contributed by atoms with Gasteiger partial charge in [-0.15, -0.1) is 0 Å². The van der Waals surface area contributed by atoms with Crippen LogP contribution in [0.1, 0.15) is 39.5 Å². The lowest BCUT2D eigenvalue weighted by atomic mass is 9.99. The average Bonchev–Trinajstić information content (AvgIpc) is 2.32. The Kier molecular flexibility index (Phi) is 6.55. The predicted octanol–water partition coefficient (Wildman–Crippen LogP) is 0.351. The summed E-state index contributed by atoms with van der Waals surface area (Å²) in [5.74, 6) is -0.988. The zero-order valence-electron chi connectivity index (χ0n) is 11.1. The largest absolute Gasteiger partial charge is 0.481 e. The van der Waals surface area contributed by atoms with Gasteiger partial charge in [0.25, 0.3) is 0 Å². The lowest BCUT2D eigenvalue weighted by Gasteiger charge is -2.21. The monoisotopic (exact) mass is 272 g/mol. The molecule has 0 rings (SSSR count). The smallest absolute Gasteiger partial charge is 0.303 e. The minimum atomic E-state index is -1.51. The Morgan fingerprint density at radius 1 is 1.37 bits per heavy atom. The number of nitrogens with two attached hydrogens (primary N) is 1. The van der Waals surface area contributed by atoms with Gasteiger partial charge in [-0.25, -0.2) is 0 Å². The molecule has 2 atom stereocenters. The number of carboxylic acids is 1. The molecule has 0 aliphatic heterocycles. The molecule has 8 nitrogen and oxygen atoms in total. The molecule has 0 radical (unpaired) electrons. The number of nitrogens with zero attached hydrogens (tertiary/aromatic N) is 3. The summed E-state index contributed by atoms with van der Waals surface area (Å²) in [5.41, 5.74) is 3.36. The van der Waals surface area contributed by atoms with E-state index >= 15 is 0 Å². The lowest BCUT2D eigenvalue weighted by molar-refractivity contribution is -0.137. The standard InChI is InChI=1S/C11H20N4O4/c1-10(7-12,5-3-8(16)17)14-15-11(2,13)6-4-9(18)19/h8,16-17H,3-6,13H2,1-2H3,(H,18,19). The molecule has 0 fully saturated rings. The average molecular weight is 272 g/mol. The number of hydrogen-bond donors (Lipinski definition) is 4. The van der Waals surface area contributed by atoms with Gasteiger partial charge in [-0.3, -0.25) is 4.79 Å². The molecule has 0 bridgehead atoms. The van der Waals surface area contributed by atoms with Crippen molar-refractivity contribution in [3.8, 4) is 6.07 Å². The van der Waals surface area contributed by atoms with Gasteiger partial charge < -0.3 is 21.1 Å². The third-order valence-corrected chi connectivity index (χ3v) is 2.47. The molecule has 108 valence electrons. The summed E-state index contributed by atoms with van der Waals surface area (Å²) in [6.45, 7) is 3.00. The van der Waals surface area contributed by atoms with E-state index in [4.69, 9.17) is 26.3 Å². The maximum atomic E-state index is 10.4. The first-order chi connectivity index (χ1) is 8.60. The topological polar surface area (TPSA) is 152 Å². The molecule has 0 aromatic heterocycles. The number of carbonyl (C=O) groups is 1. The summed E-state index contributed by atoms with van der Waals surface area (Å²) in [5, 5.41) is 42.7. The van der Waals surface area contributed by atoms with Crippen molar-refractivity contribution < 1.29 is 20.1 Å². The molecule has 0 aromatic carbocycles. The Labute approximate surface area is 111 Å². The highest BCUT2D eigenvalue weighted by Gasteiger charge is 2.26. The number of aliphatic hydroxyl groups is 2. The minimum absolute atomic E-state index is 0.0144. The van der Waals surface area contributed by atoms with Crippen molar-refractivity contribution in [2.24, 2.45) is 16.0 Å². The van der Waals surface area contributed by atoms with E-state index in [9.17, 15) is 4.79 Å². The van der Waals surface area contributed by atoms with Crippen LogP contribution in [0.25, 0.3) is 0 Å². The fourth-order valence-electron chi connectivity index (χ4n) is 1.17. The van der Waals surface area contributed by atoms with Gasteiger partial charge in [0.1, 0.15) is 5.66 Å². The van der Waals surface area contributed by atoms with Crippen molar-refractivity contribution in [3.63, 3.8) is 0 Å². The summed E-state index contributed by atoms with van der Waals surface area (Å²) in [4.78, 5) is 10.4. The SMILES string of the molecule is CC(N)(CCC(=O)O)N=NC(C)(C#N)CCC(O)O. The Hall–Kier alpha value is -1.56. The van der Waals surface area contributed by atoms with E-state index in [2.05, 4.69) is 10.2 Å². The van der Waals surface area contributed by atoms with Gasteiger partial charge in [-0.05, 0) is 26.7 Å². The summed E-state index contributed by atoms with van der Waals surface area (Å²) >= 11 is 0. The minimum Gasteiger partial charge on any atom is -0.481 e. The second kappa shape index (κ2) is 7.13. The van der Waals surface area contributed by atoms with Crippen molar-refractivity contribution in [2.75, 3.05) is 0 Å². The van der Waals surface area contributed by atoms with Crippen molar-refractivity contribution in [3.05, 3.63) is 0 Å². The third kappa shape index (κ3) is 8.20. The van der Waals surface area contributed by atoms with E-state index in [-0.39, 0.29) is 25.7 Å². The molecule has 0 aromatic rings. The number of hydrogen-bond acceptors (Lipinski definition) is 7. The van der Waals surface area contributed by atoms with Gasteiger partial charge in [-0.2, -0.15) is 15.5 Å². The molecule has 8 heteroatoms. The lowest BCUT2D eigenvalue weighted by Crippen LogP contribution is -2.35. The van der Waals surface area contributed by atoms with Crippen LogP contribution in [0.2, 0.25) is 0 Å².